The van der Waals surface area contributed by atoms with Gasteiger partial charge in [-0.15, -0.1) is 0 Å². The quantitative estimate of drug-likeness (QED) is 0.569. The molecule has 3 N–H and O–H groups in total. The molecule has 0 aromatic heterocycles. The van der Waals surface area contributed by atoms with Gasteiger partial charge in [-0.2, -0.15) is 0 Å². The molecule has 0 heterocycles. The molecule has 1 heteroatoms. The lowest BCUT2D eigenvalue weighted by Gasteiger charge is -1.93. The summed E-state index contributed by atoms with van der Waals surface area (Å²) in [4.78, 5) is 0. The molecular weight excluding hydrogens is 110 g/mol. The maximum Gasteiger partial charge on any atom is 0.0997 e. The van der Waals surface area contributed by atoms with Gasteiger partial charge in [0.15, 0.2) is 0 Å². The molecular formula is C8H12N+. The van der Waals surface area contributed by atoms with Crippen LogP contribution in [0.25, 0.3) is 0 Å². The topological polar surface area (TPSA) is 27.6 Å². The van der Waals surface area contributed by atoms with Crippen LogP contribution >= 0.6 is 0 Å². The highest BCUT2D eigenvalue weighted by molar-refractivity contribution is 5.20. The van der Waals surface area contributed by atoms with Gasteiger partial charge in [-0.25, -0.2) is 0 Å². The van der Waals surface area contributed by atoms with Gasteiger partial charge in [0.2, 0.25) is 0 Å². The van der Waals surface area contributed by atoms with Crippen molar-refractivity contribution in [1.82, 2.24) is 0 Å². The van der Waals surface area contributed by atoms with E-state index in [1.54, 1.807) is 0 Å². The summed E-state index contributed by atoms with van der Waals surface area (Å²) < 4.78 is 0. The van der Waals surface area contributed by atoms with Crippen molar-refractivity contribution in [2.45, 2.75) is 13.5 Å². The van der Waals surface area contributed by atoms with Crippen LogP contribution < -0.4 is 5.73 Å². The number of benzene rings is 1. The second kappa shape index (κ2) is 2.65. The Morgan fingerprint density at radius 1 is 1.44 bits per heavy atom. The van der Waals surface area contributed by atoms with Gasteiger partial charge in [-0.1, -0.05) is 29.8 Å². The van der Waals surface area contributed by atoms with Crippen LogP contribution in [-0.4, -0.2) is 0 Å². The maximum atomic E-state index is 3.80. The minimum absolute atomic E-state index is 0.891. The fraction of sp³-hybridized carbons (Fsp3) is 0.250. The maximum absolute atomic E-state index is 3.80. The first-order valence-corrected chi connectivity index (χ1v) is 3.17. The van der Waals surface area contributed by atoms with Crippen molar-refractivity contribution >= 4 is 0 Å². The number of quaternary nitrogens is 1. The summed E-state index contributed by atoms with van der Waals surface area (Å²) >= 11 is 0. The minimum Gasteiger partial charge on any atom is -0.354 e. The molecule has 0 radical (unpaired) electrons. The second-order valence-corrected chi connectivity index (χ2v) is 2.24. The molecule has 1 aromatic carbocycles. The van der Waals surface area contributed by atoms with E-state index in [2.05, 4.69) is 36.9 Å². The molecule has 0 fully saturated rings. The molecule has 48 valence electrons. The van der Waals surface area contributed by atoms with E-state index in [4.69, 9.17) is 0 Å². The van der Waals surface area contributed by atoms with Gasteiger partial charge in [0.25, 0.3) is 0 Å². The summed E-state index contributed by atoms with van der Waals surface area (Å²) in [5, 5.41) is 0. The van der Waals surface area contributed by atoms with Crippen LogP contribution in [-0.2, 0) is 6.54 Å². The lowest BCUT2D eigenvalue weighted by atomic mass is 10.1. The molecule has 0 saturated heterocycles. The van der Waals surface area contributed by atoms with E-state index >= 15 is 0 Å². The molecule has 9 heavy (non-hydrogen) atoms. The van der Waals surface area contributed by atoms with E-state index in [-0.39, 0.29) is 0 Å². The largest absolute Gasteiger partial charge is 0.354 e. The molecule has 1 aromatic rings. The molecule has 0 saturated carbocycles. The molecule has 1 rings (SSSR count). The molecule has 0 bridgehead atoms. The van der Waals surface area contributed by atoms with Crippen molar-refractivity contribution in [3.05, 3.63) is 35.4 Å². The van der Waals surface area contributed by atoms with Crippen LogP contribution in [0.2, 0.25) is 0 Å². The molecule has 0 aliphatic rings. The standard InChI is InChI=1S/C8H11N/c1-7-3-2-4-8(5-7)6-9/h2-5H,6,9H2,1H3/p+1. The fourth-order valence-corrected chi connectivity index (χ4v) is 0.868. The molecule has 0 spiro atoms. The van der Waals surface area contributed by atoms with Gasteiger partial charge in [0, 0.05) is 5.56 Å². The summed E-state index contributed by atoms with van der Waals surface area (Å²) in [5.74, 6) is 0. The first kappa shape index (κ1) is 6.30. The van der Waals surface area contributed by atoms with Crippen molar-refractivity contribution in [2.24, 2.45) is 0 Å². The second-order valence-electron chi connectivity index (χ2n) is 2.24. The van der Waals surface area contributed by atoms with Crippen molar-refractivity contribution in [2.75, 3.05) is 0 Å². The third-order valence-electron chi connectivity index (χ3n) is 1.37. The SMILES string of the molecule is Cc1cccc(C[NH3+])c1. The third kappa shape index (κ3) is 1.54. The van der Waals surface area contributed by atoms with E-state index in [0.29, 0.717) is 0 Å². The summed E-state index contributed by atoms with van der Waals surface area (Å²) in [7, 11) is 0. The number of hydrogen-bond acceptors (Lipinski definition) is 0. The van der Waals surface area contributed by atoms with E-state index in [1.807, 2.05) is 0 Å². The van der Waals surface area contributed by atoms with Crippen LogP contribution in [0.15, 0.2) is 24.3 Å². The Hall–Kier alpha value is -0.820. The highest BCUT2D eigenvalue weighted by atomic mass is 14.5. The smallest absolute Gasteiger partial charge is 0.0997 e. The van der Waals surface area contributed by atoms with Gasteiger partial charge < -0.3 is 5.73 Å². The van der Waals surface area contributed by atoms with Crippen molar-refractivity contribution in [1.29, 1.82) is 0 Å². The Balaban J connectivity index is 2.94. The molecule has 0 aliphatic carbocycles. The van der Waals surface area contributed by atoms with Crippen LogP contribution in [0.5, 0.6) is 0 Å². The lowest BCUT2D eigenvalue weighted by molar-refractivity contribution is -0.386. The predicted octanol–water partition coefficient (Wildman–Crippen LogP) is 0.737. The predicted molar refractivity (Wildman–Crippen MR) is 37.8 cm³/mol. The van der Waals surface area contributed by atoms with E-state index in [1.165, 1.54) is 11.1 Å². The Morgan fingerprint density at radius 3 is 2.67 bits per heavy atom. The first-order chi connectivity index (χ1) is 4.33. The summed E-state index contributed by atoms with van der Waals surface area (Å²) in [5.41, 5.74) is 6.43. The monoisotopic (exact) mass is 122 g/mol. The molecule has 0 unspecified atom stereocenters. The number of hydrogen-bond donors (Lipinski definition) is 1. The summed E-state index contributed by atoms with van der Waals surface area (Å²) in [6.07, 6.45) is 0. The van der Waals surface area contributed by atoms with Crippen LogP contribution in [0.1, 0.15) is 11.1 Å². The average Bonchev–Trinajstić information content (AvgIpc) is 1.88. The Kier molecular flexibility index (Phi) is 1.85. The highest BCUT2D eigenvalue weighted by Gasteiger charge is 1.88. The molecule has 0 aliphatic heterocycles. The molecule has 0 atom stereocenters. The van der Waals surface area contributed by atoms with E-state index < -0.39 is 0 Å². The third-order valence-corrected chi connectivity index (χ3v) is 1.37. The normalized spacial score (nSPS) is 9.56. The van der Waals surface area contributed by atoms with Gasteiger partial charge in [-0.05, 0) is 6.92 Å². The number of rotatable bonds is 1. The van der Waals surface area contributed by atoms with Gasteiger partial charge in [-0.3, -0.25) is 0 Å². The van der Waals surface area contributed by atoms with Crippen molar-refractivity contribution in [3.8, 4) is 0 Å². The lowest BCUT2D eigenvalue weighted by Crippen LogP contribution is -2.47. The average molecular weight is 122 g/mol. The zero-order valence-electron chi connectivity index (χ0n) is 5.72. The van der Waals surface area contributed by atoms with Gasteiger partial charge in [0.1, 0.15) is 0 Å². The molecule has 1 nitrogen and oxygen atoms in total. The molecule has 0 amide bonds. The van der Waals surface area contributed by atoms with Crippen LogP contribution in [0.3, 0.4) is 0 Å². The van der Waals surface area contributed by atoms with Crippen LogP contribution in [0.4, 0.5) is 0 Å². The van der Waals surface area contributed by atoms with E-state index in [9.17, 15) is 0 Å². The number of aryl methyl sites for hydroxylation is 1. The summed E-state index contributed by atoms with van der Waals surface area (Å²) in [6, 6.07) is 8.42. The highest BCUT2D eigenvalue weighted by Crippen LogP contribution is 2.00. The zero-order chi connectivity index (χ0) is 6.69. The Bertz CT molecular complexity index is 194. The van der Waals surface area contributed by atoms with Crippen molar-refractivity contribution < 1.29 is 5.73 Å². The fourth-order valence-electron chi connectivity index (χ4n) is 0.868. The minimum atomic E-state index is 0.891. The zero-order valence-corrected chi connectivity index (χ0v) is 5.72. The van der Waals surface area contributed by atoms with Gasteiger partial charge in [0.05, 0.1) is 6.54 Å². The Labute approximate surface area is 55.5 Å². The van der Waals surface area contributed by atoms with E-state index in [0.717, 1.165) is 6.54 Å². The van der Waals surface area contributed by atoms with Gasteiger partial charge >= 0.3 is 0 Å². The Morgan fingerprint density at radius 2 is 2.22 bits per heavy atom. The van der Waals surface area contributed by atoms with Crippen molar-refractivity contribution in [3.63, 3.8) is 0 Å². The first-order valence-electron chi connectivity index (χ1n) is 3.17. The van der Waals surface area contributed by atoms with Crippen LogP contribution in [0, 0.1) is 6.92 Å². The summed E-state index contributed by atoms with van der Waals surface area (Å²) in [6.45, 7) is 2.99.